The molecule has 1 atom stereocenters. The Hall–Kier alpha value is -2.71. The van der Waals surface area contributed by atoms with Gasteiger partial charge in [0.05, 0.1) is 12.3 Å². The van der Waals surface area contributed by atoms with Crippen molar-refractivity contribution in [2.24, 2.45) is 5.10 Å². The molecule has 1 aromatic heterocycles. The fourth-order valence-corrected chi connectivity index (χ4v) is 4.71. The average Bonchev–Trinajstić information content (AvgIpc) is 3.41. The smallest absolute Gasteiger partial charge is 0.354 e. The van der Waals surface area contributed by atoms with Crippen molar-refractivity contribution in [2.45, 2.75) is 32.4 Å². The van der Waals surface area contributed by atoms with E-state index in [0.29, 0.717) is 6.54 Å². The van der Waals surface area contributed by atoms with E-state index in [1.807, 2.05) is 41.7 Å². The first-order valence-corrected chi connectivity index (χ1v) is 11.2. The van der Waals surface area contributed by atoms with Crippen molar-refractivity contribution in [3.8, 4) is 0 Å². The molecule has 0 spiro atoms. The van der Waals surface area contributed by atoms with Gasteiger partial charge in [0.25, 0.3) is 0 Å². The van der Waals surface area contributed by atoms with Gasteiger partial charge in [0.2, 0.25) is 5.91 Å². The van der Waals surface area contributed by atoms with Crippen molar-refractivity contribution in [3.05, 3.63) is 52.2 Å². The predicted octanol–water partition coefficient (Wildman–Crippen LogP) is 2.42. The number of amides is 1. The van der Waals surface area contributed by atoms with E-state index >= 15 is 0 Å². The van der Waals surface area contributed by atoms with Gasteiger partial charge in [-0.15, -0.1) is 11.3 Å². The highest BCUT2D eigenvalue weighted by Gasteiger charge is 2.36. The van der Waals surface area contributed by atoms with Gasteiger partial charge >= 0.3 is 5.97 Å². The zero-order valence-electron chi connectivity index (χ0n) is 17.0. The molecule has 0 fully saturated rings. The SMILES string of the molecule is CCOC(=O)C1=NN(c2ccccc2)C(C(=O)NCCN2CCc3sccc3C2)C1. The maximum atomic E-state index is 13.0. The second-order valence-corrected chi connectivity index (χ2v) is 8.35. The molecule has 7 nitrogen and oxygen atoms in total. The molecular formula is C22H26N4O3S. The lowest BCUT2D eigenvalue weighted by atomic mass is 10.1. The second kappa shape index (κ2) is 9.40. The van der Waals surface area contributed by atoms with E-state index in [1.165, 1.54) is 10.4 Å². The molecule has 8 heteroatoms. The number of hydrogen-bond acceptors (Lipinski definition) is 7. The highest BCUT2D eigenvalue weighted by Crippen LogP contribution is 2.25. The molecule has 0 saturated carbocycles. The predicted molar refractivity (Wildman–Crippen MR) is 118 cm³/mol. The lowest BCUT2D eigenvalue weighted by Crippen LogP contribution is -2.45. The minimum Gasteiger partial charge on any atom is -0.461 e. The fourth-order valence-electron chi connectivity index (χ4n) is 3.82. The molecule has 0 bridgehead atoms. The maximum Gasteiger partial charge on any atom is 0.354 e. The summed E-state index contributed by atoms with van der Waals surface area (Å²) in [6.07, 6.45) is 1.31. The van der Waals surface area contributed by atoms with Gasteiger partial charge in [-0.1, -0.05) is 18.2 Å². The lowest BCUT2D eigenvalue weighted by molar-refractivity contribution is -0.135. The van der Waals surface area contributed by atoms with E-state index < -0.39 is 12.0 Å². The number of anilines is 1. The van der Waals surface area contributed by atoms with E-state index in [9.17, 15) is 9.59 Å². The van der Waals surface area contributed by atoms with E-state index in [4.69, 9.17) is 4.74 Å². The molecule has 1 aromatic carbocycles. The number of carbonyl (C=O) groups is 2. The van der Waals surface area contributed by atoms with Gasteiger partial charge in [0.15, 0.2) is 0 Å². The van der Waals surface area contributed by atoms with Crippen LogP contribution >= 0.6 is 11.3 Å². The number of esters is 1. The number of thiophene rings is 1. The number of nitrogens with zero attached hydrogens (tertiary/aromatic N) is 3. The number of nitrogens with one attached hydrogen (secondary N) is 1. The number of para-hydroxylation sites is 1. The summed E-state index contributed by atoms with van der Waals surface area (Å²) in [5.74, 6) is -0.594. The Kier molecular flexibility index (Phi) is 6.44. The highest BCUT2D eigenvalue weighted by atomic mass is 32.1. The van der Waals surface area contributed by atoms with Gasteiger partial charge in [0.1, 0.15) is 11.8 Å². The van der Waals surface area contributed by atoms with E-state index in [0.717, 1.165) is 31.7 Å². The summed E-state index contributed by atoms with van der Waals surface area (Å²) in [5.41, 5.74) is 2.45. The van der Waals surface area contributed by atoms with Crippen molar-refractivity contribution in [1.82, 2.24) is 10.2 Å². The van der Waals surface area contributed by atoms with Crippen molar-refractivity contribution in [1.29, 1.82) is 0 Å². The second-order valence-electron chi connectivity index (χ2n) is 7.35. The zero-order chi connectivity index (χ0) is 20.9. The quantitative estimate of drug-likeness (QED) is 0.689. The van der Waals surface area contributed by atoms with Crippen LogP contribution in [-0.2, 0) is 27.3 Å². The summed E-state index contributed by atoms with van der Waals surface area (Å²) in [5, 5.41) is 11.2. The van der Waals surface area contributed by atoms with Crippen LogP contribution in [0.25, 0.3) is 0 Å². The number of hydrogen-bond donors (Lipinski definition) is 1. The van der Waals surface area contributed by atoms with Crippen molar-refractivity contribution < 1.29 is 14.3 Å². The minimum atomic E-state index is -0.559. The van der Waals surface area contributed by atoms with Crippen LogP contribution in [0, 0.1) is 0 Å². The third-order valence-electron chi connectivity index (χ3n) is 5.36. The Morgan fingerprint density at radius 2 is 2.10 bits per heavy atom. The van der Waals surface area contributed by atoms with Crippen molar-refractivity contribution >= 4 is 34.6 Å². The number of carbonyl (C=O) groups excluding carboxylic acids is 2. The Bertz CT molecular complexity index is 927. The van der Waals surface area contributed by atoms with Gasteiger partial charge < -0.3 is 10.1 Å². The van der Waals surface area contributed by atoms with Gasteiger partial charge in [-0.05, 0) is 42.5 Å². The molecule has 2 aromatic rings. The average molecular weight is 427 g/mol. The summed E-state index contributed by atoms with van der Waals surface area (Å²) in [6, 6.07) is 11.1. The van der Waals surface area contributed by atoms with Gasteiger partial charge in [0, 0.05) is 37.5 Å². The first-order chi connectivity index (χ1) is 14.7. The van der Waals surface area contributed by atoms with Gasteiger partial charge in [-0.25, -0.2) is 4.79 Å². The zero-order valence-corrected chi connectivity index (χ0v) is 17.9. The number of hydrazone groups is 1. The summed E-state index contributed by atoms with van der Waals surface area (Å²) >= 11 is 1.82. The molecule has 158 valence electrons. The molecule has 0 aliphatic carbocycles. The summed E-state index contributed by atoms with van der Waals surface area (Å²) in [6.45, 7) is 5.34. The lowest BCUT2D eigenvalue weighted by Gasteiger charge is -2.27. The maximum absolute atomic E-state index is 13.0. The molecule has 0 saturated heterocycles. The standard InChI is InChI=1S/C22H26N4O3S/c1-2-29-22(28)18-14-19(26(24-18)17-6-4-3-5-7-17)21(27)23-10-12-25-11-8-20-16(15-25)9-13-30-20/h3-7,9,13,19H,2,8,10-12,14-15H2,1H3,(H,23,27). The summed E-state index contributed by atoms with van der Waals surface area (Å²) < 4.78 is 5.09. The Balaban J connectivity index is 1.36. The topological polar surface area (TPSA) is 74.2 Å². The van der Waals surface area contributed by atoms with Crippen LogP contribution in [0.1, 0.15) is 23.8 Å². The molecule has 1 N–H and O–H groups in total. The van der Waals surface area contributed by atoms with Crippen molar-refractivity contribution in [2.75, 3.05) is 31.3 Å². The molecule has 2 aliphatic heterocycles. The van der Waals surface area contributed by atoms with Crippen LogP contribution in [0.4, 0.5) is 5.69 Å². The van der Waals surface area contributed by atoms with Crippen LogP contribution in [0.15, 0.2) is 46.9 Å². The molecule has 0 radical (unpaired) electrons. The van der Waals surface area contributed by atoms with Crippen LogP contribution in [-0.4, -0.2) is 54.8 Å². The van der Waals surface area contributed by atoms with Crippen molar-refractivity contribution in [3.63, 3.8) is 0 Å². The molecule has 3 heterocycles. The van der Waals surface area contributed by atoms with Crippen LogP contribution in [0.3, 0.4) is 0 Å². The third-order valence-corrected chi connectivity index (χ3v) is 6.38. The highest BCUT2D eigenvalue weighted by molar-refractivity contribution is 7.10. The van der Waals surface area contributed by atoms with E-state index in [-0.39, 0.29) is 24.6 Å². The molecule has 1 unspecified atom stereocenters. The fraction of sp³-hybridized carbons (Fsp3) is 0.409. The van der Waals surface area contributed by atoms with Gasteiger partial charge in [-0.2, -0.15) is 5.10 Å². The molecule has 2 aliphatic rings. The third kappa shape index (κ3) is 4.55. The summed E-state index contributed by atoms with van der Waals surface area (Å²) in [7, 11) is 0. The normalized spacial score (nSPS) is 18.6. The minimum absolute atomic E-state index is 0.130. The van der Waals surface area contributed by atoms with Gasteiger partial charge in [-0.3, -0.25) is 14.7 Å². The Morgan fingerprint density at radius 1 is 1.27 bits per heavy atom. The molecule has 4 rings (SSSR count). The Labute approximate surface area is 180 Å². The number of fused-ring (bicyclic) bond motifs is 1. The largest absolute Gasteiger partial charge is 0.461 e. The number of ether oxygens (including phenoxy) is 1. The molecular weight excluding hydrogens is 400 g/mol. The number of rotatable bonds is 7. The van der Waals surface area contributed by atoms with Crippen LogP contribution < -0.4 is 10.3 Å². The Morgan fingerprint density at radius 3 is 2.90 bits per heavy atom. The first-order valence-electron chi connectivity index (χ1n) is 10.3. The molecule has 30 heavy (non-hydrogen) atoms. The van der Waals surface area contributed by atoms with Crippen LogP contribution in [0.2, 0.25) is 0 Å². The molecule has 1 amide bonds. The van der Waals surface area contributed by atoms with E-state index in [1.54, 1.807) is 11.9 Å². The summed E-state index contributed by atoms with van der Waals surface area (Å²) in [4.78, 5) is 29.0. The van der Waals surface area contributed by atoms with Crippen LogP contribution in [0.5, 0.6) is 0 Å². The number of benzene rings is 1. The first kappa shape index (κ1) is 20.6. The monoisotopic (exact) mass is 426 g/mol. The van der Waals surface area contributed by atoms with E-state index in [2.05, 4.69) is 26.8 Å².